The molecule has 2 unspecified atom stereocenters. The number of nitrogens with one attached hydrogen (secondary N) is 3. The van der Waals surface area contributed by atoms with Crippen molar-refractivity contribution in [2.45, 2.75) is 128 Å². The van der Waals surface area contributed by atoms with E-state index in [4.69, 9.17) is 26.1 Å². The van der Waals surface area contributed by atoms with Gasteiger partial charge in [-0.15, -0.1) is 22.6 Å². The molecule has 0 bridgehead atoms. The van der Waals surface area contributed by atoms with Crippen LogP contribution in [0, 0.1) is 48.3 Å². The van der Waals surface area contributed by atoms with Crippen molar-refractivity contribution in [2.75, 3.05) is 31.2 Å². The Kier molecular flexibility index (Phi) is 18.7. The van der Waals surface area contributed by atoms with Crippen molar-refractivity contribution < 1.29 is 35.9 Å². The number of sulfonamides is 2. The van der Waals surface area contributed by atoms with Crippen LogP contribution in [0.1, 0.15) is 125 Å². The number of rotatable bonds is 15. The number of aromatic nitrogens is 10. The van der Waals surface area contributed by atoms with Crippen LogP contribution in [0.3, 0.4) is 0 Å². The van der Waals surface area contributed by atoms with Crippen molar-refractivity contribution in [3.8, 4) is 23.4 Å². The highest BCUT2D eigenvalue weighted by molar-refractivity contribution is 7.90. The summed E-state index contributed by atoms with van der Waals surface area (Å²) in [5.74, 6) is 3.23. The molecule has 4 aliphatic carbocycles. The minimum Gasteiger partial charge on any atom is -0.476 e. The first kappa shape index (κ1) is 64.2. The van der Waals surface area contributed by atoms with Crippen LogP contribution in [-0.2, 0) is 34.1 Å². The van der Waals surface area contributed by atoms with Gasteiger partial charge in [-0.3, -0.25) is 19.0 Å². The maximum atomic E-state index is 13.5. The summed E-state index contributed by atoms with van der Waals surface area (Å²) < 4.78 is 73.1. The van der Waals surface area contributed by atoms with Crippen molar-refractivity contribution in [3.63, 3.8) is 0 Å². The van der Waals surface area contributed by atoms with Crippen molar-refractivity contribution in [3.05, 3.63) is 88.9 Å². The molecule has 12 rings (SSSR count). The third-order valence-corrected chi connectivity index (χ3v) is 19.8. The van der Waals surface area contributed by atoms with Gasteiger partial charge in [0, 0.05) is 56.2 Å². The summed E-state index contributed by atoms with van der Waals surface area (Å²) in [7, 11) is -4.98. The average Bonchev–Trinajstić information content (AvgIpc) is 4.33. The van der Waals surface area contributed by atoms with Gasteiger partial charge in [0.15, 0.2) is 11.6 Å². The van der Waals surface area contributed by atoms with Gasteiger partial charge in [0.05, 0.1) is 48.1 Å². The standard InChI is InChI=1S/C27H35N7O4S.C20H21ClN6O4S.C7H15N.ClH.2H2S/c1-17-12-26(3,4)33(15-17)24-20(25(35)31-39(36,37)21-14-28-32(5)18(21)2)6-7-22(29-24)34-11-8-23(30-34)38-16-19-13-27(19)9-10-27;1-12-15(10-22-26(12)2)32(29,30)25-19(28)14-3-4-16(23-18(14)21)27-8-5-17(24-27)31-11-13-9-20(13)6-7-20;1-6-4-7(2,3)8-5-6;;;/h6-8,11,14,17,19H,9-10,12-13,15-16H2,1-5H3,(H,31,35);3-5,8,10,13H,6-7,9,11H2,1-2H3,(H,25,28);6,8H,4-5H2,1-3H3;1H;2*1H2/t17-,19?;;6-;;;/m0.0.../s1. The quantitative estimate of drug-likeness (QED) is 0.0840. The zero-order valence-electron chi connectivity index (χ0n) is 47.9. The number of halogens is 2. The van der Waals surface area contributed by atoms with Crippen LogP contribution < -0.4 is 29.1 Å². The second-order valence-corrected chi connectivity index (χ2v) is 27.7. The van der Waals surface area contributed by atoms with E-state index in [0.717, 1.165) is 12.3 Å². The van der Waals surface area contributed by atoms with Gasteiger partial charge in [0.1, 0.15) is 20.8 Å². The first-order valence-corrected chi connectivity index (χ1v) is 30.2. The van der Waals surface area contributed by atoms with Gasteiger partial charge in [0.2, 0.25) is 11.8 Å². The molecule has 3 N–H and O–H groups in total. The number of anilines is 1. The fourth-order valence-corrected chi connectivity index (χ4v) is 13.9. The molecule has 4 atom stereocenters. The molecule has 2 aliphatic heterocycles. The molecule has 4 saturated carbocycles. The number of aryl methyl sites for hydroxylation is 2. The molecule has 6 fully saturated rings. The van der Waals surface area contributed by atoms with Crippen molar-refractivity contribution in [1.29, 1.82) is 0 Å². The molecule has 6 aromatic rings. The minimum atomic E-state index is -4.13. The number of hydrogen-bond acceptors (Lipinski definition) is 16. The Morgan fingerprint density at radius 1 is 0.683 bits per heavy atom. The van der Waals surface area contributed by atoms with Crippen LogP contribution in [-0.4, -0.2) is 115 Å². The summed E-state index contributed by atoms with van der Waals surface area (Å²) in [6, 6.07) is 9.76. The fourth-order valence-electron chi connectivity index (χ4n) is 11.3. The van der Waals surface area contributed by atoms with E-state index in [1.165, 1.54) is 90.1 Å². The summed E-state index contributed by atoms with van der Waals surface area (Å²) in [5.41, 5.74) is 2.21. The van der Waals surface area contributed by atoms with Crippen LogP contribution in [0.15, 0.2) is 71.0 Å². The maximum Gasteiger partial charge on any atom is 0.268 e. The van der Waals surface area contributed by atoms with Crippen molar-refractivity contribution in [1.82, 2.24) is 63.9 Å². The zero-order chi connectivity index (χ0) is 56.6. The molecule has 6 aromatic heterocycles. The van der Waals surface area contributed by atoms with Gasteiger partial charge >= 0.3 is 0 Å². The van der Waals surface area contributed by atoms with E-state index in [9.17, 15) is 26.4 Å². The second kappa shape index (κ2) is 23.9. The molecule has 82 heavy (non-hydrogen) atoms. The van der Waals surface area contributed by atoms with Crippen LogP contribution in [0.5, 0.6) is 11.8 Å². The molecule has 22 nitrogen and oxygen atoms in total. The lowest BCUT2D eigenvalue weighted by Gasteiger charge is -2.34. The predicted molar refractivity (Wildman–Crippen MR) is 323 cm³/mol. The highest BCUT2D eigenvalue weighted by Gasteiger charge is 2.63. The van der Waals surface area contributed by atoms with E-state index in [1.807, 2.05) is 10.8 Å². The van der Waals surface area contributed by atoms with Crippen LogP contribution in [0.2, 0.25) is 5.15 Å². The van der Waals surface area contributed by atoms with Gasteiger partial charge in [0.25, 0.3) is 31.9 Å². The van der Waals surface area contributed by atoms with Crippen LogP contribution in [0.4, 0.5) is 5.82 Å². The Morgan fingerprint density at radius 3 is 1.51 bits per heavy atom. The molecular formula is C54H76Cl2N14O8S4. The molecule has 2 spiro atoms. The Morgan fingerprint density at radius 2 is 1.15 bits per heavy atom. The second-order valence-electron chi connectivity index (χ2n) is 24.0. The Hall–Kier alpha value is -5.38. The monoisotopic (exact) mass is 1250 g/mol. The third-order valence-electron chi connectivity index (χ3n) is 16.7. The van der Waals surface area contributed by atoms with Crippen LogP contribution >= 0.6 is 51.0 Å². The lowest BCUT2D eigenvalue weighted by molar-refractivity contribution is 0.0972. The number of hydrogen-bond donors (Lipinski definition) is 3. The van der Waals surface area contributed by atoms with E-state index in [-0.39, 0.29) is 71.0 Å². The highest BCUT2D eigenvalue weighted by Crippen LogP contribution is 2.71. The largest absolute Gasteiger partial charge is 0.476 e. The zero-order valence-corrected chi connectivity index (χ0v) is 53.1. The molecule has 6 aliphatic rings. The van der Waals surface area contributed by atoms with Crippen molar-refractivity contribution in [2.24, 2.45) is 48.6 Å². The SMILES string of the molecule is C[C@@H]1CNC(C)(C)C1.Cc1c(S(=O)(=O)NC(=O)c2ccc(-n3ccc(OCC4CC45CC5)n3)nc2Cl)cnn1C.Cc1c(S(=O)(=O)NC(=O)c2ccc(-n3ccc(OCC4CC45CC5)n3)nc2N2C[C@@H](C)CC2(C)C)cnn1C.Cl.S.S. The average molecular weight is 1250 g/mol. The van der Waals surface area contributed by atoms with Gasteiger partial charge < -0.3 is 19.7 Å². The van der Waals surface area contributed by atoms with Gasteiger partial charge in [-0.05, 0) is 158 Å². The smallest absolute Gasteiger partial charge is 0.268 e. The number of nitrogens with zero attached hydrogens (tertiary/aromatic N) is 11. The number of carbonyl (C=O) groups excluding carboxylic acids is 2. The summed E-state index contributed by atoms with van der Waals surface area (Å²) in [6.07, 6.45) is 15.9. The number of pyridine rings is 2. The molecule has 2 amide bonds. The molecule has 0 aromatic carbocycles. The highest BCUT2D eigenvalue weighted by atomic mass is 35.5. The molecular weight excluding hydrogens is 1170 g/mol. The van der Waals surface area contributed by atoms with Gasteiger partial charge in [-0.2, -0.15) is 37.2 Å². The van der Waals surface area contributed by atoms with Crippen molar-refractivity contribution >= 4 is 88.7 Å². The Labute approximate surface area is 505 Å². The number of carbonyl (C=O) groups is 2. The van der Waals surface area contributed by atoms with E-state index in [0.29, 0.717) is 94.5 Å². The van der Waals surface area contributed by atoms with E-state index in [1.54, 1.807) is 63.2 Å². The lowest BCUT2D eigenvalue weighted by Crippen LogP contribution is -2.41. The summed E-state index contributed by atoms with van der Waals surface area (Å²) >= 11 is 6.18. The van der Waals surface area contributed by atoms with Gasteiger partial charge in [-0.1, -0.05) is 25.4 Å². The summed E-state index contributed by atoms with van der Waals surface area (Å²) in [4.78, 5) is 37.0. The fraction of sp³-hybridized carbons (Fsp3) is 0.556. The Bertz CT molecular complexity index is 3560. The molecule has 8 heterocycles. The first-order chi connectivity index (χ1) is 37.2. The molecule has 28 heteroatoms. The number of ether oxygens (including phenoxy) is 2. The lowest BCUT2D eigenvalue weighted by atomic mass is 9.97. The van der Waals surface area contributed by atoms with E-state index in [2.05, 4.69) is 81.9 Å². The minimum absolute atomic E-state index is 0. The third kappa shape index (κ3) is 13.9. The van der Waals surface area contributed by atoms with Gasteiger partial charge in [-0.25, -0.2) is 45.6 Å². The predicted octanol–water partition coefficient (Wildman–Crippen LogP) is 7.53. The summed E-state index contributed by atoms with van der Waals surface area (Å²) in [6.45, 7) is 19.6. The molecule has 0 radical (unpaired) electrons. The number of amides is 2. The first-order valence-electron chi connectivity index (χ1n) is 26.9. The Balaban J connectivity index is 0.000000204. The maximum absolute atomic E-state index is 13.5. The summed E-state index contributed by atoms with van der Waals surface area (Å²) in [5, 5.41) is 20.1. The van der Waals surface area contributed by atoms with E-state index >= 15 is 0 Å². The molecule has 2 saturated heterocycles. The van der Waals surface area contributed by atoms with E-state index < -0.39 is 31.9 Å². The van der Waals surface area contributed by atoms with Crippen LogP contribution in [0.25, 0.3) is 11.6 Å². The topological polar surface area (TPSA) is 257 Å². The normalized spacial score (nSPS) is 21.5. The molecule has 448 valence electrons.